The summed E-state index contributed by atoms with van der Waals surface area (Å²) in [6.45, 7) is 2.01. The number of rotatable bonds is 4. The second kappa shape index (κ2) is 6.26. The molecule has 0 fully saturated rings. The Morgan fingerprint density at radius 1 is 1.20 bits per heavy atom. The average Bonchev–Trinajstić information content (AvgIpc) is 2.38. The lowest BCUT2D eigenvalue weighted by Crippen LogP contribution is -2.29. The van der Waals surface area contributed by atoms with E-state index < -0.39 is 12.9 Å². The lowest BCUT2D eigenvalue weighted by atomic mass is 9.79. The van der Waals surface area contributed by atoms with Crippen LogP contribution in [0.2, 0.25) is 5.02 Å². The van der Waals surface area contributed by atoms with Crippen LogP contribution in [0.3, 0.4) is 0 Å². The van der Waals surface area contributed by atoms with Gasteiger partial charge in [-0.05, 0) is 36.1 Å². The second-order valence-corrected chi connectivity index (χ2v) is 4.83. The average molecular weight is 295 g/mol. The maximum absolute atomic E-state index is 12.9. The zero-order chi connectivity index (χ0) is 14.7. The fourth-order valence-corrected chi connectivity index (χ4v) is 2.01. The van der Waals surface area contributed by atoms with E-state index in [4.69, 9.17) is 26.4 Å². The number of ether oxygens (including phenoxy) is 1. The molecule has 2 N–H and O–H groups in total. The molecule has 0 saturated carbocycles. The molecule has 0 unspecified atom stereocenters. The summed E-state index contributed by atoms with van der Waals surface area (Å²) in [6.07, 6.45) is 0. The third-order valence-electron chi connectivity index (χ3n) is 2.90. The van der Waals surface area contributed by atoms with Gasteiger partial charge in [0, 0.05) is 5.56 Å². The molecule has 6 heteroatoms. The lowest BCUT2D eigenvalue weighted by molar-refractivity contribution is 0.304. The highest BCUT2D eigenvalue weighted by Gasteiger charge is 2.12. The number of halogens is 2. The SMILES string of the molecule is Cc1cc(B(O)O)ccc1OCc1ccc(F)cc1Cl. The molecule has 104 valence electrons. The highest BCUT2D eigenvalue weighted by molar-refractivity contribution is 6.58. The fourth-order valence-electron chi connectivity index (χ4n) is 1.79. The zero-order valence-electron chi connectivity index (χ0n) is 10.8. The van der Waals surface area contributed by atoms with E-state index in [2.05, 4.69) is 0 Å². The van der Waals surface area contributed by atoms with Gasteiger partial charge < -0.3 is 14.8 Å². The Kier molecular flexibility index (Phi) is 4.65. The quantitative estimate of drug-likeness (QED) is 0.849. The van der Waals surface area contributed by atoms with Crippen molar-refractivity contribution in [3.05, 3.63) is 58.4 Å². The van der Waals surface area contributed by atoms with Gasteiger partial charge in [-0.3, -0.25) is 0 Å². The predicted molar refractivity (Wildman–Crippen MR) is 76.7 cm³/mol. The molecule has 2 rings (SSSR count). The first-order valence-corrected chi connectivity index (χ1v) is 6.38. The molecule has 20 heavy (non-hydrogen) atoms. The van der Waals surface area contributed by atoms with Gasteiger partial charge in [0.2, 0.25) is 0 Å². The zero-order valence-corrected chi connectivity index (χ0v) is 11.6. The summed E-state index contributed by atoms with van der Waals surface area (Å²) in [4.78, 5) is 0. The van der Waals surface area contributed by atoms with Crippen molar-refractivity contribution in [1.29, 1.82) is 0 Å². The largest absolute Gasteiger partial charge is 0.489 e. The van der Waals surface area contributed by atoms with E-state index >= 15 is 0 Å². The molecular formula is C14H13BClFO3. The van der Waals surface area contributed by atoms with Crippen LogP contribution in [0.4, 0.5) is 4.39 Å². The van der Waals surface area contributed by atoms with E-state index in [9.17, 15) is 4.39 Å². The molecule has 0 aliphatic rings. The number of hydrogen-bond acceptors (Lipinski definition) is 3. The molecule has 2 aromatic carbocycles. The highest BCUT2D eigenvalue weighted by atomic mass is 35.5. The van der Waals surface area contributed by atoms with E-state index in [1.807, 2.05) is 0 Å². The Labute approximate surface area is 121 Å². The van der Waals surface area contributed by atoms with E-state index in [1.54, 1.807) is 31.2 Å². The van der Waals surface area contributed by atoms with E-state index in [-0.39, 0.29) is 6.61 Å². The predicted octanol–water partition coefficient (Wildman–Crippen LogP) is 2.05. The van der Waals surface area contributed by atoms with Crippen molar-refractivity contribution < 1.29 is 19.2 Å². The molecule has 0 aliphatic carbocycles. The molecule has 0 atom stereocenters. The van der Waals surface area contributed by atoms with Crippen LogP contribution in [-0.4, -0.2) is 17.2 Å². The van der Waals surface area contributed by atoms with Crippen LogP contribution in [0, 0.1) is 12.7 Å². The van der Waals surface area contributed by atoms with Gasteiger partial charge in [-0.15, -0.1) is 0 Å². The van der Waals surface area contributed by atoms with Gasteiger partial charge >= 0.3 is 7.12 Å². The lowest BCUT2D eigenvalue weighted by Gasteiger charge is -2.11. The summed E-state index contributed by atoms with van der Waals surface area (Å²) in [5.41, 5.74) is 1.85. The van der Waals surface area contributed by atoms with Crippen molar-refractivity contribution in [3.8, 4) is 5.75 Å². The molecule has 0 heterocycles. The molecule has 2 aromatic rings. The van der Waals surface area contributed by atoms with E-state index in [1.165, 1.54) is 12.1 Å². The molecule has 0 spiro atoms. The van der Waals surface area contributed by atoms with Crippen LogP contribution in [0.25, 0.3) is 0 Å². The van der Waals surface area contributed by atoms with Crippen molar-refractivity contribution in [3.63, 3.8) is 0 Å². The number of aryl methyl sites for hydroxylation is 1. The van der Waals surface area contributed by atoms with Gasteiger partial charge in [-0.2, -0.15) is 0 Å². The highest BCUT2D eigenvalue weighted by Crippen LogP contribution is 2.21. The van der Waals surface area contributed by atoms with Crippen molar-refractivity contribution in [1.82, 2.24) is 0 Å². The molecule has 3 nitrogen and oxygen atoms in total. The van der Waals surface area contributed by atoms with Gasteiger partial charge in [0.05, 0.1) is 5.02 Å². The Bertz CT molecular complexity index is 619. The second-order valence-electron chi connectivity index (χ2n) is 4.42. The van der Waals surface area contributed by atoms with Crippen LogP contribution in [-0.2, 0) is 6.61 Å². The van der Waals surface area contributed by atoms with Crippen molar-refractivity contribution in [2.45, 2.75) is 13.5 Å². The molecular weight excluding hydrogens is 281 g/mol. The smallest absolute Gasteiger partial charge is 0.488 e. The first-order valence-electron chi connectivity index (χ1n) is 6.01. The third kappa shape index (κ3) is 3.51. The minimum absolute atomic E-state index is 0.209. The Morgan fingerprint density at radius 2 is 1.95 bits per heavy atom. The minimum atomic E-state index is -1.51. The molecule has 0 aliphatic heterocycles. The summed E-state index contributed by atoms with van der Waals surface area (Å²) in [5.74, 6) is 0.214. The summed E-state index contributed by atoms with van der Waals surface area (Å²) in [5, 5.41) is 18.5. The Balaban J connectivity index is 2.11. The summed E-state index contributed by atoms with van der Waals surface area (Å²) < 4.78 is 18.5. The van der Waals surface area contributed by atoms with Gasteiger partial charge in [0.1, 0.15) is 18.2 Å². The van der Waals surface area contributed by atoms with Gasteiger partial charge in [-0.1, -0.05) is 29.8 Å². The third-order valence-corrected chi connectivity index (χ3v) is 3.25. The maximum Gasteiger partial charge on any atom is 0.488 e. The summed E-state index contributed by atoms with van der Waals surface area (Å²) in [7, 11) is -1.51. The molecule has 0 saturated heterocycles. The van der Waals surface area contributed by atoms with Crippen molar-refractivity contribution >= 4 is 24.2 Å². The van der Waals surface area contributed by atoms with Crippen LogP contribution in [0.15, 0.2) is 36.4 Å². The number of benzene rings is 2. The molecule has 0 radical (unpaired) electrons. The number of hydrogen-bond donors (Lipinski definition) is 2. The molecule has 0 bridgehead atoms. The standard InChI is InChI=1S/C14H13BClFO3/c1-9-6-11(15(18)19)3-5-14(9)20-8-10-2-4-12(17)7-13(10)16/h2-7,18-19H,8H2,1H3. The van der Waals surface area contributed by atoms with Crippen molar-refractivity contribution in [2.24, 2.45) is 0 Å². The van der Waals surface area contributed by atoms with E-state index in [0.717, 1.165) is 5.56 Å². The molecule has 0 amide bonds. The van der Waals surface area contributed by atoms with Gasteiger partial charge in [-0.25, -0.2) is 4.39 Å². The van der Waals surface area contributed by atoms with Crippen molar-refractivity contribution in [2.75, 3.05) is 0 Å². The maximum atomic E-state index is 12.9. The molecule has 0 aromatic heterocycles. The first kappa shape index (κ1) is 14.8. The topological polar surface area (TPSA) is 49.7 Å². The van der Waals surface area contributed by atoms with Gasteiger partial charge in [0.15, 0.2) is 0 Å². The minimum Gasteiger partial charge on any atom is -0.489 e. The Hall–Kier alpha value is -1.56. The van der Waals surface area contributed by atoms with Crippen LogP contribution < -0.4 is 10.2 Å². The van der Waals surface area contributed by atoms with Crippen LogP contribution >= 0.6 is 11.6 Å². The van der Waals surface area contributed by atoms with Crippen LogP contribution in [0.1, 0.15) is 11.1 Å². The summed E-state index contributed by atoms with van der Waals surface area (Å²) >= 11 is 5.92. The van der Waals surface area contributed by atoms with Gasteiger partial charge in [0.25, 0.3) is 0 Å². The van der Waals surface area contributed by atoms with E-state index in [0.29, 0.717) is 21.8 Å². The summed E-state index contributed by atoms with van der Waals surface area (Å²) in [6, 6.07) is 8.98. The normalized spacial score (nSPS) is 10.4. The fraction of sp³-hybridized carbons (Fsp3) is 0.143. The monoisotopic (exact) mass is 294 g/mol. The first-order chi connectivity index (χ1) is 9.47. The Morgan fingerprint density at radius 3 is 2.55 bits per heavy atom. The van der Waals surface area contributed by atoms with Crippen LogP contribution in [0.5, 0.6) is 5.75 Å².